The van der Waals surface area contributed by atoms with E-state index in [2.05, 4.69) is 0 Å². The van der Waals surface area contributed by atoms with E-state index in [1.807, 2.05) is 4.90 Å². The van der Waals surface area contributed by atoms with Gasteiger partial charge in [0.05, 0.1) is 22.3 Å². The van der Waals surface area contributed by atoms with Gasteiger partial charge in [-0.05, 0) is 18.6 Å². The van der Waals surface area contributed by atoms with Crippen molar-refractivity contribution in [1.29, 1.82) is 0 Å². The van der Waals surface area contributed by atoms with E-state index in [1.54, 1.807) is 31.2 Å². The van der Waals surface area contributed by atoms with Gasteiger partial charge in [-0.2, -0.15) is 0 Å². The maximum Gasteiger partial charge on any atom is 0.308 e. The third-order valence-corrected chi connectivity index (χ3v) is 5.23. The molecular weight excluding hydrogens is 266 g/mol. The first-order chi connectivity index (χ1) is 8.95. The summed E-state index contributed by atoms with van der Waals surface area (Å²) in [7, 11) is -3.29. The lowest BCUT2D eigenvalue weighted by molar-refractivity contribution is -0.140. The second-order valence-electron chi connectivity index (χ2n) is 4.64. The molecule has 1 fully saturated rings. The van der Waals surface area contributed by atoms with Crippen LogP contribution in [0.2, 0.25) is 0 Å². The molecule has 1 aromatic carbocycles. The zero-order valence-electron chi connectivity index (χ0n) is 10.7. The lowest BCUT2D eigenvalue weighted by Gasteiger charge is -2.21. The van der Waals surface area contributed by atoms with E-state index in [0.29, 0.717) is 30.1 Å². The monoisotopic (exact) mass is 283 g/mol. The van der Waals surface area contributed by atoms with Crippen molar-refractivity contribution in [3.05, 3.63) is 24.3 Å². The molecule has 1 aliphatic heterocycles. The van der Waals surface area contributed by atoms with Crippen LogP contribution in [0, 0.1) is 5.92 Å². The number of carbonyl (C=O) groups is 1. The Morgan fingerprint density at radius 3 is 2.68 bits per heavy atom. The quantitative estimate of drug-likeness (QED) is 0.904. The van der Waals surface area contributed by atoms with Crippen LogP contribution in [0.4, 0.5) is 5.69 Å². The number of para-hydroxylation sites is 1. The van der Waals surface area contributed by atoms with Gasteiger partial charge in [0.15, 0.2) is 9.84 Å². The molecule has 2 rings (SSSR count). The summed E-state index contributed by atoms with van der Waals surface area (Å²) in [5.41, 5.74) is 0.619. The normalized spacial score (nSPS) is 19.6. The second kappa shape index (κ2) is 5.21. The Hall–Kier alpha value is -1.56. The van der Waals surface area contributed by atoms with Crippen LogP contribution in [0.15, 0.2) is 29.2 Å². The minimum atomic E-state index is -3.29. The zero-order valence-corrected chi connectivity index (χ0v) is 11.6. The molecule has 1 aliphatic rings. The molecule has 1 unspecified atom stereocenters. The number of hydrogen-bond donors (Lipinski definition) is 1. The van der Waals surface area contributed by atoms with Crippen LogP contribution in [0.25, 0.3) is 0 Å². The highest BCUT2D eigenvalue weighted by Crippen LogP contribution is 2.30. The maximum absolute atomic E-state index is 12.1. The summed E-state index contributed by atoms with van der Waals surface area (Å²) in [6.07, 6.45) is 0.551. The summed E-state index contributed by atoms with van der Waals surface area (Å²) < 4.78 is 24.1. The maximum atomic E-state index is 12.1. The van der Waals surface area contributed by atoms with Crippen molar-refractivity contribution in [2.24, 2.45) is 5.92 Å². The standard InChI is InChI=1S/C13H17NO4S/c1-2-19(17,18)12-6-4-3-5-11(12)14-8-7-10(9-14)13(15)16/h3-6,10H,2,7-9H2,1H3,(H,15,16). The van der Waals surface area contributed by atoms with E-state index >= 15 is 0 Å². The fourth-order valence-electron chi connectivity index (χ4n) is 2.32. The van der Waals surface area contributed by atoms with Gasteiger partial charge in [0.2, 0.25) is 0 Å². The summed E-state index contributed by atoms with van der Waals surface area (Å²) in [6.45, 7) is 2.55. The van der Waals surface area contributed by atoms with Crippen molar-refractivity contribution in [2.75, 3.05) is 23.7 Å². The minimum Gasteiger partial charge on any atom is -0.481 e. The summed E-state index contributed by atoms with van der Waals surface area (Å²) in [4.78, 5) is 13.1. The van der Waals surface area contributed by atoms with Gasteiger partial charge in [0.25, 0.3) is 0 Å². The Morgan fingerprint density at radius 1 is 1.42 bits per heavy atom. The number of carboxylic acid groups (broad SMARTS) is 1. The van der Waals surface area contributed by atoms with Crippen LogP contribution in [-0.4, -0.2) is 38.3 Å². The van der Waals surface area contributed by atoms with Crippen molar-refractivity contribution in [3.8, 4) is 0 Å². The first kappa shape index (κ1) is 13.9. The summed E-state index contributed by atoms with van der Waals surface area (Å²) in [6, 6.07) is 6.80. The van der Waals surface area contributed by atoms with Crippen LogP contribution in [0.5, 0.6) is 0 Å². The van der Waals surface area contributed by atoms with Crippen LogP contribution in [-0.2, 0) is 14.6 Å². The molecule has 0 bridgehead atoms. The number of sulfone groups is 1. The summed E-state index contributed by atoms with van der Waals surface area (Å²) in [5, 5.41) is 9.01. The molecule has 1 saturated heterocycles. The average Bonchev–Trinajstić information content (AvgIpc) is 2.88. The van der Waals surface area contributed by atoms with Crippen LogP contribution in [0.1, 0.15) is 13.3 Å². The molecule has 0 spiro atoms. The number of anilines is 1. The number of hydrogen-bond acceptors (Lipinski definition) is 4. The predicted molar refractivity (Wildman–Crippen MR) is 72.1 cm³/mol. The molecule has 1 aromatic rings. The van der Waals surface area contributed by atoms with E-state index in [1.165, 1.54) is 0 Å². The van der Waals surface area contributed by atoms with Gasteiger partial charge in [0.1, 0.15) is 0 Å². The molecule has 104 valence electrons. The second-order valence-corrected chi connectivity index (χ2v) is 6.89. The number of aliphatic carboxylic acids is 1. The van der Waals surface area contributed by atoms with Gasteiger partial charge in [0, 0.05) is 13.1 Å². The molecule has 1 N–H and O–H groups in total. The Labute approximate surface area is 112 Å². The molecule has 1 atom stereocenters. The SMILES string of the molecule is CCS(=O)(=O)c1ccccc1N1CCC(C(=O)O)C1. The molecule has 1 heterocycles. The Morgan fingerprint density at radius 2 is 2.11 bits per heavy atom. The lowest BCUT2D eigenvalue weighted by atomic mass is 10.1. The van der Waals surface area contributed by atoms with E-state index < -0.39 is 21.7 Å². The van der Waals surface area contributed by atoms with Gasteiger partial charge in [-0.25, -0.2) is 8.42 Å². The smallest absolute Gasteiger partial charge is 0.308 e. The van der Waals surface area contributed by atoms with Crippen molar-refractivity contribution in [2.45, 2.75) is 18.2 Å². The predicted octanol–water partition coefficient (Wildman–Crippen LogP) is 1.39. The first-order valence-electron chi connectivity index (χ1n) is 6.25. The van der Waals surface area contributed by atoms with E-state index in [4.69, 9.17) is 5.11 Å². The fraction of sp³-hybridized carbons (Fsp3) is 0.462. The highest BCUT2D eigenvalue weighted by atomic mass is 32.2. The summed E-state index contributed by atoms with van der Waals surface area (Å²) in [5.74, 6) is -1.20. The fourth-order valence-corrected chi connectivity index (χ4v) is 3.43. The Kier molecular flexibility index (Phi) is 3.80. The lowest BCUT2D eigenvalue weighted by Crippen LogP contribution is -2.24. The summed E-state index contributed by atoms with van der Waals surface area (Å²) >= 11 is 0. The highest BCUT2D eigenvalue weighted by Gasteiger charge is 2.30. The number of benzene rings is 1. The molecule has 19 heavy (non-hydrogen) atoms. The highest BCUT2D eigenvalue weighted by molar-refractivity contribution is 7.91. The molecule has 5 nitrogen and oxygen atoms in total. The Bertz CT molecular complexity index is 582. The molecule has 0 radical (unpaired) electrons. The topological polar surface area (TPSA) is 74.7 Å². The van der Waals surface area contributed by atoms with Gasteiger partial charge in [-0.3, -0.25) is 4.79 Å². The van der Waals surface area contributed by atoms with E-state index in [0.717, 1.165) is 0 Å². The van der Waals surface area contributed by atoms with Crippen LogP contribution >= 0.6 is 0 Å². The van der Waals surface area contributed by atoms with Gasteiger partial charge in [-0.1, -0.05) is 19.1 Å². The molecule has 0 saturated carbocycles. The minimum absolute atomic E-state index is 0.0419. The number of carboxylic acids is 1. The van der Waals surface area contributed by atoms with Crippen molar-refractivity contribution >= 4 is 21.5 Å². The largest absolute Gasteiger partial charge is 0.481 e. The number of nitrogens with zero attached hydrogens (tertiary/aromatic N) is 1. The van der Waals surface area contributed by atoms with Crippen molar-refractivity contribution in [1.82, 2.24) is 0 Å². The Balaban J connectivity index is 2.35. The van der Waals surface area contributed by atoms with E-state index in [9.17, 15) is 13.2 Å². The van der Waals surface area contributed by atoms with E-state index in [-0.39, 0.29) is 5.75 Å². The molecule has 0 aromatic heterocycles. The van der Waals surface area contributed by atoms with Gasteiger partial charge >= 0.3 is 5.97 Å². The van der Waals surface area contributed by atoms with Crippen molar-refractivity contribution in [3.63, 3.8) is 0 Å². The first-order valence-corrected chi connectivity index (χ1v) is 7.90. The van der Waals surface area contributed by atoms with Crippen LogP contribution in [0.3, 0.4) is 0 Å². The third kappa shape index (κ3) is 2.73. The zero-order chi connectivity index (χ0) is 14.0. The number of rotatable bonds is 4. The van der Waals surface area contributed by atoms with Crippen molar-refractivity contribution < 1.29 is 18.3 Å². The third-order valence-electron chi connectivity index (χ3n) is 3.46. The van der Waals surface area contributed by atoms with Gasteiger partial charge < -0.3 is 10.0 Å². The van der Waals surface area contributed by atoms with Crippen LogP contribution < -0.4 is 4.90 Å². The molecule has 0 aliphatic carbocycles. The molecular formula is C13H17NO4S. The molecule has 6 heteroatoms. The molecule has 0 amide bonds. The van der Waals surface area contributed by atoms with Gasteiger partial charge in [-0.15, -0.1) is 0 Å². The average molecular weight is 283 g/mol.